The van der Waals surface area contributed by atoms with Gasteiger partial charge in [-0.15, -0.1) is 0 Å². The van der Waals surface area contributed by atoms with Crippen molar-refractivity contribution >= 4 is 23.9 Å². The summed E-state index contributed by atoms with van der Waals surface area (Å²) in [5, 5.41) is 7.16. The molecule has 17 heavy (non-hydrogen) atoms. The van der Waals surface area contributed by atoms with E-state index in [2.05, 4.69) is 20.5 Å². The number of hydrogen-bond acceptors (Lipinski definition) is 5. The van der Waals surface area contributed by atoms with Gasteiger partial charge in [0.05, 0.1) is 23.7 Å². The zero-order valence-electron chi connectivity index (χ0n) is 9.48. The number of nitrogens with one attached hydrogen (secondary N) is 1. The lowest BCUT2D eigenvalue weighted by molar-refractivity contribution is 0.101. The average molecular weight is 237 g/mol. The van der Waals surface area contributed by atoms with Crippen LogP contribution in [0.2, 0.25) is 0 Å². The lowest BCUT2D eigenvalue weighted by Crippen LogP contribution is -2.03. The topological polar surface area (TPSA) is 63.1 Å². The zero-order chi connectivity index (χ0) is 12.7. The third-order valence-corrected chi connectivity index (χ3v) is 1.86. The Morgan fingerprint density at radius 3 is 2.88 bits per heavy atom. The van der Waals surface area contributed by atoms with Crippen molar-refractivity contribution in [3.8, 4) is 0 Å². The molecular formula is C11H12FN3O2. The van der Waals surface area contributed by atoms with Gasteiger partial charge in [-0.2, -0.15) is 5.10 Å². The van der Waals surface area contributed by atoms with Gasteiger partial charge in [-0.05, 0) is 19.1 Å². The van der Waals surface area contributed by atoms with Gasteiger partial charge >= 0.3 is 0 Å². The Morgan fingerprint density at radius 1 is 1.47 bits per heavy atom. The molecule has 5 nitrogen and oxygen atoms in total. The number of halogens is 1. The molecular weight excluding hydrogens is 225 g/mol. The van der Waals surface area contributed by atoms with Crippen LogP contribution in [0.3, 0.4) is 0 Å². The van der Waals surface area contributed by atoms with Crippen LogP contribution in [0.4, 0.5) is 10.1 Å². The SMILES string of the molecule is CO/N=C/C=N/Nc1cccc(F)c1C(C)=O. The third-order valence-electron chi connectivity index (χ3n) is 1.86. The number of carbonyl (C=O) groups excluding carboxylic acids is 1. The summed E-state index contributed by atoms with van der Waals surface area (Å²) in [5.41, 5.74) is 2.84. The standard InChI is InChI=1S/C11H12FN3O2/c1-8(16)11-9(12)4-3-5-10(11)15-13-6-7-14-17-2/h3-7,15H,1-2H3/b13-6+,14-7+. The summed E-state index contributed by atoms with van der Waals surface area (Å²) in [6.45, 7) is 1.29. The molecule has 0 aliphatic heterocycles. The van der Waals surface area contributed by atoms with Gasteiger partial charge < -0.3 is 4.84 Å². The molecule has 1 rings (SSSR count). The number of anilines is 1. The van der Waals surface area contributed by atoms with Gasteiger partial charge in [0, 0.05) is 0 Å². The van der Waals surface area contributed by atoms with E-state index >= 15 is 0 Å². The van der Waals surface area contributed by atoms with Gasteiger partial charge in [0.1, 0.15) is 12.9 Å². The Balaban J connectivity index is 2.84. The first-order valence-corrected chi connectivity index (χ1v) is 4.80. The van der Waals surface area contributed by atoms with Crippen LogP contribution >= 0.6 is 0 Å². The van der Waals surface area contributed by atoms with Gasteiger partial charge in [-0.3, -0.25) is 10.2 Å². The van der Waals surface area contributed by atoms with E-state index in [4.69, 9.17) is 0 Å². The summed E-state index contributed by atoms with van der Waals surface area (Å²) in [5.74, 6) is -0.949. The number of carbonyl (C=O) groups is 1. The fourth-order valence-corrected chi connectivity index (χ4v) is 1.20. The van der Waals surface area contributed by atoms with Crippen molar-refractivity contribution in [1.82, 2.24) is 0 Å². The molecule has 0 bridgehead atoms. The van der Waals surface area contributed by atoms with Crippen molar-refractivity contribution in [3.63, 3.8) is 0 Å². The minimum atomic E-state index is -0.580. The first-order chi connectivity index (χ1) is 8.16. The molecule has 1 aromatic carbocycles. The highest BCUT2D eigenvalue weighted by molar-refractivity contribution is 6.16. The van der Waals surface area contributed by atoms with Crippen LogP contribution in [-0.4, -0.2) is 25.3 Å². The molecule has 0 spiro atoms. The predicted molar refractivity (Wildman–Crippen MR) is 64.0 cm³/mol. The van der Waals surface area contributed by atoms with Crippen molar-refractivity contribution in [2.75, 3.05) is 12.5 Å². The van der Waals surface area contributed by atoms with Crippen molar-refractivity contribution in [3.05, 3.63) is 29.6 Å². The summed E-state index contributed by atoms with van der Waals surface area (Å²) >= 11 is 0. The summed E-state index contributed by atoms with van der Waals surface area (Å²) in [6, 6.07) is 4.27. The Hall–Kier alpha value is -2.24. The van der Waals surface area contributed by atoms with Crippen LogP contribution < -0.4 is 5.43 Å². The van der Waals surface area contributed by atoms with Gasteiger partial charge in [0.25, 0.3) is 0 Å². The number of nitrogens with zero attached hydrogens (tertiary/aromatic N) is 2. The van der Waals surface area contributed by atoms with Crippen LogP contribution in [0, 0.1) is 5.82 Å². The second kappa shape index (κ2) is 6.37. The van der Waals surface area contributed by atoms with E-state index in [9.17, 15) is 9.18 Å². The van der Waals surface area contributed by atoms with Gasteiger partial charge in [-0.25, -0.2) is 4.39 Å². The molecule has 0 aliphatic carbocycles. The van der Waals surface area contributed by atoms with E-state index < -0.39 is 5.82 Å². The van der Waals surface area contributed by atoms with Crippen molar-refractivity contribution < 1.29 is 14.0 Å². The number of benzene rings is 1. The maximum absolute atomic E-state index is 13.4. The highest BCUT2D eigenvalue weighted by atomic mass is 19.1. The molecule has 0 aromatic heterocycles. The van der Waals surface area contributed by atoms with E-state index in [0.29, 0.717) is 5.69 Å². The minimum Gasteiger partial charge on any atom is -0.399 e. The van der Waals surface area contributed by atoms with Crippen LogP contribution in [0.1, 0.15) is 17.3 Å². The molecule has 0 unspecified atom stereocenters. The van der Waals surface area contributed by atoms with E-state index in [1.807, 2.05) is 0 Å². The third kappa shape index (κ3) is 3.67. The molecule has 90 valence electrons. The maximum Gasteiger partial charge on any atom is 0.164 e. The Bertz CT molecular complexity index is 458. The zero-order valence-corrected chi connectivity index (χ0v) is 9.48. The number of rotatable bonds is 5. The highest BCUT2D eigenvalue weighted by Crippen LogP contribution is 2.19. The second-order valence-electron chi connectivity index (χ2n) is 3.05. The van der Waals surface area contributed by atoms with Crippen molar-refractivity contribution in [1.29, 1.82) is 0 Å². The molecule has 0 aliphatic rings. The molecule has 0 heterocycles. The Labute approximate surface area is 98.0 Å². The molecule has 0 amide bonds. The summed E-state index contributed by atoms with van der Waals surface area (Å²) in [6.07, 6.45) is 2.62. The molecule has 0 radical (unpaired) electrons. The molecule has 0 fully saturated rings. The molecule has 0 atom stereocenters. The fourth-order valence-electron chi connectivity index (χ4n) is 1.20. The fraction of sp³-hybridized carbons (Fsp3) is 0.182. The summed E-state index contributed by atoms with van der Waals surface area (Å²) in [7, 11) is 1.40. The van der Waals surface area contributed by atoms with E-state index in [-0.39, 0.29) is 11.3 Å². The lowest BCUT2D eigenvalue weighted by Gasteiger charge is -2.06. The molecule has 6 heteroatoms. The van der Waals surface area contributed by atoms with Crippen LogP contribution in [-0.2, 0) is 4.84 Å². The van der Waals surface area contributed by atoms with Gasteiger partial charge in [0.15, 0.2) is 5.78 Å². The van der Waals surface area contributed by atoms with Crippen molar-refractivity contribution in [2.45, 2.75) is 6.92 Å². The largest absolute Gasteiger partial charge is 0.399 e. The van der Waals surface area contributed by atoms with E-state index in [1.54, 1.807) is 6.07 Å². The van der Waals surface area contributed by atoms with Gasteiger partial charge in [0.2, 0.25) is 0 Å². The number of oxime groups is 1. The highest BCUT2D eigenvalue weighted by Gasteiger charge is 2.11. The van der Waals surface area contributed by atoms with E-state index in [1.165, 1.54) is 38.6 Å². The molecule has 1 aromatic rings. The number of Topliss-reactive ketones (excluding diaryl/α,β-unsaturated/α-hetero) is 1. The average Bonchev–Trinajstić information content (AvgIpc) is 2.28. The summed E-state index contributed by atoms with van der Waals surface area (Å²) in [4.78, 5) is 15.7. The number of hydrogen-bond donors (Lipinski definition) is 1. The normalized spacial score (nSPS) is 11.0. The second-order valence-corrected chi connectivity index (χ2v) is 3.05. The van der Waals surface area contributed by atoms with Crippen LogP contribution in [0.5, 0.6) is 0 Å². The lowest BCUT2D eigenvalue weighted by atomic mass is 10.1. The number of ketones is 1. The quantitative estimate of drug-likeness (QED) is 0.484. The molecule has 0 saturated carbocycles. The number of hydrazone groups is 1. The van der Waals surface area contributed by atoms with Crippen molar-refractivity contribution in [2.24, 2.45) is 10.3 Å². The monoisotopic (exact) mass is 237 g/mol. The first kappa shape index (κ1) is 12.8. The Kier molecular flexibility index (Phi) is 4.80. The molecule has 1 N–H and O–H groups in total. The molecule has 0 saturated heterocycles. The smallest absolute Gasteiger partial charge is 0.164 e. The van der Waals surface area contributed by atoms with Crippen LogP contribution in [0.15, 0.2) is 28.5 Å². The minimum absolute atomic E-state index is 0.0201. The maximum atomic E-state index is 13.4. The summed E-state index contributed by atoms with van der Waals surface area (Å²) < 4.78 is 13.4. The van der Waals surface area contributed by atoms with Crippen LogP contribution in [0.25, 0.3) is 0 Å². The first-order valence-electron chi connectivity index (χ1n) is 4.80. The van der Waals surface area contributed by atoms with Gasteiger partial charge in [-0.1, -0.05) is 11.2 Å². The predicted octanol–water partition coefficient (Wildman–Crippen LogP) is 2.06. The van der Waals surface area contributed by atoms with E-state index in [0.717, 1.165) is 0 Å². The Morgan fingerprint density at radius 2 is 2.24 bits per heavy atom.